The van der Waals surface area contributed by atoms with Crippen LogP contribution in [0.15, 0.2) is 6.20 Å². The molecule has 0 bridgehead atoms. The zero-order valence-corrected chi connectivity index (χ0v) is 15.3. The molecule has 2 heterocycles. The third-order valence-electron chi connectivity index (χ3n) is 5.31. The van der Waals surface area contributed by atoms with Gasteiger partial charge in [-0.3, -0.25) is 9.58 Å². The summed E-state index contributed by atoms with van der Waals surface area (Å²) in [5.74, 6) is 0. The van der Waals surface area contributed by atoms with Gasteiger partial charge in [0.2, 0.25) is 10.0 Å². The molecular weight excluding hydrogens is 328 g/mol. The van der Waals surface area contributed by atoms with Crippen molar-refractivity contribution in [3.8, 4) is 0 Å². The highest BCUT2D eigenvalue weighted by atomic mass is 32.2. The Labute approximate surface area is 144 Å². The first kappa shape index (κ1) is 17.8. The Hall–Kier alpha value is -0.960. The third kappa shape index (κ3) is 4.17. The maximum Gasteiger partial charge on any atom is 0.214 e. The van der Waals surface area contributed by atoms with Gasteiger partial charge in [0.15, 0.2) is 0 Å². The summed E-state index contributed by atoms with van der Waals surface area (Å²) in [6, 6.07) is 0. The Bertz CT molecular complexity index is 683. The second-order valence-corrected chi connectivity index (χ2v) is 9.34. The molecule has 0 radical (unpaired) electrons. The molecule has 1 unspecified atom stereocenters. The molecule has 0 aromatic carbocycles. The molecule has 136 valence electrons. The summed E-state index contributed by atoms with van der Waals surface area (Å²) in [7, 11) is -1.30. The number of hydrogen-bond donors (Lipinski definition) is 2. The van der Waals surface area contributed by atoms with Crippen LogP contribution < -0.4 is 4.72 Å². The largest absolute Gasteiger partial charge is 0.388 e. The van der Waals surface area contributed by atoms with Gasteiger partial charge in [0.1, 0.15) is 0 Å². The number of aromatic nitrogens is 2. The highest BCUT2D eigenvalue weighted by Crippen LogP contribution is 2.29. The van der Waals surface area contributed by atoms with Crippen LogP contribution in [0.3, 0.4) is 0 Å². The van der Waals surface area contributed by atoms with Crippen LogP contribution in [-0.2, 0) is 23.6 Å². The van der Waals surface area contributed by atoms with Crippen LogP contribution in [0.4, 0.5) is 0 Å². The van der Waals surface area contributed by atoms with Gasteiger partial charge in [-0.05, 0) is 45.6 Å². The topological polar surface area (TPSA) is 87.5 Å². The smallest absolute Gasteiger partial charge is 0.214 e. The lowest BCUT2D eigenvalue weighted by molar-refractivity contribution is 0.0304. The number of rotatable bonds is 6. The first-order chi connectivity index (χ1) is 11.3. The lowest BCUT2D eigenvalue weighted by Gasteiger charge is -2.27. The zero-order chi connectivity index (χ0) is 17.4. The molecule has 1 aliphatic heterocycles. The van der Waals surface area contributed by atoms with Crippen LogP contribution in [0.1, 0.15) is 43.4 Å². The monoisotopic (exact) mass is 356 g/mol. The molecule has 24 heavy (non-hydrogen) atoms. The van der Waals surface area contributed by atoms with Gasteiger partial charge in [0, 0.05) is 37.9 Å². The predicted octanol–water partition coefficient (Wildman–Crippen LogP) is 0.527. The summed E-state index contributed by atoms with van der Waals surface area (Å²) in [6.07, 6.45) is 5.46. The van der Waals surface area contributed by atoms with E-state index in [-0.39, 0.29) is 11.8 Å². The summed E-state index contributed by atoms with van der Waals surface area (Å²) >= 11 is 0. The zero-order valence-electron chi connectivity index (χ0n) is 14.5. The van der Waals surface area contributed by atoms with Crippen molar-refractivity contribution in [2.24, 2.45) is 7.05 Å². The van der Waals surface area contributed by atoms with E-state index in [4.69, 9.17) is 0 Å². The maximum absolute atomic E-state index is 12.0. The standard InChI is InChI=1S/C16H28N4O3S/c1-13-14(10-17-19(13)2)11-20-8-3-6-16(21,7-9-20)12-18-24(22,23)15-4-5-15/h10,15,18,21H,3-9,11-12H2,1-2H3. The van der Waals surface area contributed by atoms with Crippen molar-refractivity contribution in [1.82, 2.24) is 19.4 Å². The molecular formula is C16H28N4O3S. The average Bonchev–Trinajstić information content (AvgIpc) is 3.35. The Morgan fingerprint density at radius 3 is 2.75 bits per heavy atom. The van der Waals surface area contributed by atoms with Gasteiger partial charge < -0.3 is 5.11 Å². The van der Waals surface area contributed by atoms with Crippen LogP contribution in [0, 0.1) is 6.92 Å². The molecule has 1 atom stereocenters. The molecule has 1 saturated heterocycles. The normalized spacial score (nSPS) is 26.5. The Morgan fingerprint density at radius 2 is 2.12 bits per heavy atom. The molecule has 1 saturated carbocycles. The fourth-order valence-electron chi connectivity index (χ4n) is 3.24. The van der Waals surface area contributed by atoms with E-state index in [2.05, 4.69) is 21.6 Å². The Kier molecular flexibility index (Phi) is 5.01. The van der Waals surface area contributed by atoms with E-state index in [0.29, 0.717) is 12.8 Å². The molecule has 2 aliphatic rings. The van der Waals surface area contributed by atoms with E-state index < -0.39 is 15.6 Å². The maximum atomic E-state index is 12.0. The number of aliphatic hydroxyl groups is 1. The van der Waals surface area contributed by atoms with Gasteiger partial charge >= 0.3 is 0 Å². The Morgan fingerprint density at radius 1 is 1.38 bits per heavy atom. The molecule has 1 aromatic heterocycles. The second kappa shape index (κ2) is 6.74. The van der Waals surface area contributed by atoms with Crippen molar-refractivity contribution in [1.29, 1.82) is 0 Å². The van der Waals surface area contributed by atoms with Gasteiger partial charge in [-0.15, -0.1) is 0 Å². The molecule has 2 N–H and O–H groups in total. The van der Waals surface area contributed by atoms with E-state index in [1.54, 1.807) is 0 Å². The number of sulfonamides is 1. The minimum Gasteiger partial charge on any atom is -0.388 e. The van der Waals surface area contributed by atoms with Gasteiger partial charge in [0.05, 0.1) is 17.0 Å². The van der Waals surface area contributed by atoms with E-state index in [9.17, 15) is 13.5 Å². The van der Waals surface area contributed by atoms with E-state index in [1.807, 2.05) is 17.9 Å². The molecule has 1 aromatic rings. The highest BCUT2D eigenvalue weighted by Gasteiger charge is 2.38. The summed E-state index contributed by atoms with van der Waals surface area (Å²) in [5.41, 5.74) is 1.42. The highest BCUT2D eigenvalue weighted by molar-refractivity contribution is 7.90. The molecule has 0 amide bonds. The van der Waals surface area contributed by atoms with Crippen molar-refractivity contribution >= 4 is 10.0 Å². The number of nitrogens with zero attached hydrogens (tertiary/aromatic N) is 3. The minimum atomic E-state index is -3.24. The van der Waals surface area contributed by atoms with Gasteiger partial charge in [0.25, 0.3) is 0 Å². The number of aryl methyl sites for hydroxylation is 1. The summed E-state index contributed by atoms with van der Waals surface area (Å²) in [4.78, 5) is 2.32. The SMILES string of the molecule is Cc1c(CN2CCCC(O)(CNS(=O)(=O)C3CC3)CC2)cnn1C. The van der Waals surface area contributed by atoms with Crippen molar-refractivity contribution in [2.45, 2.75) is 56.4 Å². The third-order valence-corrected chi connectivity index (χ3v) is 7.20. The summed E-state index contributed by atoms with van der Waals surface area (Å²) in [6.45, 7) is 4.68. The molecule has 8 heteroatoms. The van der Waals surface area contributed by atoms with Crippen LogP contribution in [0.2, 0.25) is 0 Å². The van der Waals surface area contributed by atoms with E-state index >= 15 is 0 Å². The fraction of sp³-hybridized carbons (Fsp3) is 0.812. The van der Waals surface area contributed by atoms with Crippen molar-refractivity contribution in [3.05, 3.63) is 17.5 Å². The van der Waals surface area contributed by atoms with Crippen molar-refractivity contribution in [2.75, 3.05) is 19.6 Å². The molecule has 2 fully saturated rings. The van der Waals surface area contributed by atoms with E-state index in [1.165, 1.54) is 5.56 Å². The van der Waals surface area contributed by atoms with Gasteiger partial charge in [-0.1, -0.05) is 0 Å². The molecule has 0 spiro atoms. The number of likely N-dealkylation sites (tertiary alicyclic amines) is 1. The Balaban J connectivity index is 1.54. The summed E-state index contributed by atoms with van der Waals surface area (Å²) in [5, 5.41) is 14.8. The van der Waals surface area contributed by atoms with Crippen LogP contribution in [0.5, 0.6) is 0 Å². The molecule has 7 nitrogen and oxygen atoms in total. The predicted molar refractivity (Wildman–Crippen MR) is 92.0 cm³/mol. The second-order valence-electron chi connectivity index (χ2n) is 7.30. The van der Waals surface area contributed by atoms with Crippen LogP contribution in [-0.4, -0.2) is 58.7 Å². The first-order valence-corrected chi connectivity index (χ1v) is 10.2. The summed E-state index contributed by atoms with van der Waals surface area (Å²) < 4.78 is 28.4. The van der Waals surface area contributed by atoms with Gasteiger partial charge in [-0.2, -0.15) is 5.10 Å². The van der Waals surface area contributed by atoms with Gasteiger partial charge in [-0.25, -0.2) is 13.1 Å². The molecule has 1 aliphatic carbocycles. The van der Waals surface area contributed by atoms with Crippen LogP contribution >= 0.6 is 0 Å². The average molecular weight is 356 g/mol. The van der Waals surface area contributed by atoms with E-state index in [0.717, 1.165) is 44.6 Å². The quantitative estimate of drug-likeness (QED) is 0.776. The number of nitrogens with one attached hydrogen (secondary N) is 1. The first-order valence-electron chi connectivity index (χ1n) is 8.70. The lowest BCUT2D eigenvalue weighted by atomic mass is 9.95. The van der Waals surface area contributed by atoms with Crippen molar-refractivity contribution < 1.29 is 13.5 Å². The number of hydrogen-bond acceptors (Lipinski definition) is 5. The molecule has 3 rings (SSSR count). The van der Waals surface area contributed by atoms with Crippen molar-refractivity contribution in [3.63, 3.8) is 0 Å². The minimum absolute atomic E-state index is 0.131. The lowest BCUT2D eigenvalue weighted by Crippen LogP contribution is -2.44. The fourth-order valence-corrected chi connectivity index (χ4v) is 4.70. The van der Waals surface area contributed by atoms with Crippen LogP contribution in [0.25, 0.3) is 0 Å².